The summed E-state index contributed by atoms with van der Waals surface area (Å²) in [7, 11) is 0. The van der Waals surface area contributed by atoms with Gasteiger partial charge in [-0.05, 0) is 24.5 Å². The van der Waals surface area contributed by atoms with Crippen LogP contribution in [-0.2, 0) is 0 Å². The Labute approximate surface area is 117 Å². The van der Waals surface area contributed by atoms with Crippen molar-refractivity contribution in [3.8, 4) is 0 Å². The van der Waals surface area contributed by atoms with E-state index < -0.39 is 0 Å². The quantitative estimate of drug-likeness (QED) is 0.898. The van der Waals surface area contributed by atoms with Gasteiger partial charge in [-0.15, -0.1) is 0 Å². The van der Waals surface area contributed by atoms with Crippen molar-refractivity contribution >= 4 is 16.9 Å². The van der Waals surface area contributed by atoms with Crippen LogP contribution in [0.15, 0.2) is 30.6 Å². The van der Waals surface area contributed by atoms with E-state index in [0.717, 1.165) is 6.42 Å². The second-order valence-corrected chi connectivity index (χ2v) is 5.24. The average molecular weight is 271 g/mol. The molecular weight excluding hydrogens is 254 g/mol. The third-order valence-electron chi connectivity index (χ3n) is 4.06. The van der Waals surface area contributed by atoms with Crippen molar-refractivity contribution < 1.29 is 9.90 Å². The van der Waals surface area contributed by atoms with Gasteiger partial charge in [0.15, 0.2) is 0 Å². The van der Waals surface area contributed by atoms with E-state index in [1.54, 1.807) is 23.4 Å². The van der Waals surface area contributed by atoms with Gasteiger partial charge in [0.25, 0.3) is 5.91 Å². The largest absolute Gasteiger partial charge is 0.394 e. The number of aliphatic hydroxyl groups is 1. The van der Waals surface area contributed by atoms with Crippen molar-refractivity contribution in [3.05, 3.63) is 36.2 Å². The molecule has 2 unspecified atom stereocenters. The predicted octanol–water partition coefficient (Wildman–Crippen LogP) is 1.47. The Hall–Kier alpha value is -2.01. The minimum absolute atomic E-state index is 0.00332. The number of hydrogen-bond acceptors (Lipinski definition) is 4. The zero-order chi connectivity index (χ0) is 14.1. The number of rotatable bonds is 2. The van der Waals surface area contributed by atoms with Gasteiger partial charge in [0.2, 0.25) is 0 Å². The Balaban J connectivity index is 2.01. The van der Waals surface area contributed by atoms with Crippen molar-refractivity contribution in [2.45, 2.75) is 19.4 Å². The number of carbonyl (C=O) groups is 1. The molecular formula is C15H17N3O2. The lowest BCUT2D eigenvalue weighted by Gasteiger charge is -2.25. The number of likely N-dealkylation sites (tertiary alicyclic amines) is 1. The van der Waals surface area contributed by atoms with Crippen LogP contribution < -0.4 is 0 Å². The molecule has 2 heterocycles. The molecule has 1 fully saturated rings. The van der Waals surface area contributed by atoms with Crippen molar-refractivity contribution in [2.75, 3.05) is 13.2 Å². The standard InChI is InChI=1S/C15H17N3O2/c1-10-5-8-18(13(10)9-19)15(20)11-3-2-4-12-14(11)17-7-6-16-12/h2-4,6-7,10,13,19H,5,8-9H2,1H3. The van der Waals surface area contributed by atoms with Crippen LogP contribution >= 0.6 is 0 Å². The first-order chi connectivity index (χ1) is 9.72. The van der Waals surface area contributed by atoms with Gasteiger partial charge in [0, 0.05) is 18.9 Å². The third kappa shape index (κ3) is 2.04. The zero-order valence-electron chi connectivity index (χ0n) is 11.4. The minimum Gasteiger partial charge on any atom is -0.394 e. The van der Waals surface area contributed by atoms with Gasteiger partial charge in [0.1, 0.15) is 5.52 Å². The Kier molecular flexibility index (Phi) is 3.36. The molecule has 0 bridgehead atoms. The van der Waals surface area contributed by atoms with E-state index >= 15 is 0 Å². The first-order valence-corrected chi connectivity index (χ1v) is 6.84. The van der Waals surface area contributed by atoms with Crippen LogP contribution in [0.3, 0.4) is 0 Å². The summed E-state index contributed by atoms with van der Waals surface area (Å²) < 4.78 is 0. The molecule has 2 atom stereocenters. The Bertz CT molecular complexity index is 639. The second kappa shape index (κ2) is 5.17. The van der Waals surface area contributed by atoms with E-state index in [0.29, 0.717) is 29.1 Å². The third-order valence-corrected chi connectivity index (χ3v) is 4.06. The summed E-state index contributed by atoms with van der Waals surface area (Å²) in [6, 6.07) is 5.33. The number of nitrogens with zero attached hydrogens (tertiary/aromatic N) is 3. The molecule has 1 aliphatic rings. The van der Waals surface area contributed by atoms with E-state index in [9.17, 15) is 9.90 Å². The highest BCUT2D eigenvalue weighted by Gasteiger charge is 2.34. The molecule has 104 valence electrons. The van der Waals surface area contributed by atoms with Crippen LogP contribution in [0.4, 0.5) is 0 Å². The number of aromatic nitrogens is 2. The normalized spacial score (nSPS) is 22.4. The maximum Gasteiger partial charge on any atom is 0.256 e. The summed E-state index contributed by atoms with van der Waals surface area (Å²) in [6.07, 6.45) is 4.13. The molecule has 20 heavy (non-hydrogen) atoms. The van der Waals surface area contributed by atoms with Crippen molar-refractivity contribution in [3.63, 3.8) is 0 Å². The first kappa shape index (κ1) is 13.0. The van der Waals surface area contributed by atoms with Crippen LogP contribution in [0, 0.1) is 5.92 Å². The van der Waals surface area contributed by atoms with Gasteiger partial charge in [-0.3, -0.25) is 14.8 Å². The van der Waals surface area contributed by atoms with Gasteiger partial charge in [-0.25, -0.2) is 0 Å². The van der Waals surface area contributed by atoms with Gasteiger partial charge in [-0.1, -0.05) is 13.0 Å². The molecule has 1 amide bonds. The summed E-state index contributed by atoms with van der Waals surface area (Å²) in [6.45, 7) is 2.75. The fraction of sp³-hybridized carbons (Fsp3) is 0.400. The van der Waals surface area contributed by atoms with Gasteiger partial charge < -0.3 is 10.0 Å². The van der Waals surface area contributed by atoms with Gasteiger partial charge in [-0.2, -0.15) is 0 Å². The number of carbonyl (C=O) groups excluding carboxylic acids is 1. The number of amides is 1. The highest BCUT2D eigenvalue weighted by atomic mass is 16.3. The maximum absolute atomic E-state index is 12.7. The highest BCUT2D eigenvalue weighted by molar-refractivity contribution is 6.04. The van der Waals surface area contributed by atoms with Gasteiger partial charge in [0.05, 0.1) is 23.7 Å². The molecule has 0 saturated carbocycles. The van der Waals surface area contributed by atoms with Crippen LogP contribution in [-0.4, -0.2) is 45.1 Å². The lowest BCUT2D eigenvalue weighted by molar-refractivity contribution is 0.0650. The summed E-state index contributed by atoms with van der Waals surface area (Å²) in [5.74, 6) is 0.254. The first-order valence-electron chi connectivity index (χ1n) is 6.84. The number of benzene rings is 1. The average Bonchev–Trinajstić information content (AvgIpc) is 2.86. The fourth-order valence-corrected chi connectivity index (χ4v) is 2.86. The summed E-state index contributed by atoms with van der Waals surface area (Å²) in [5.41, 5.74) is 1.89. The smallest absolute Gasteiger partial charge is 0.256 e. The predicted molar refractivity (Wildman–Crippen MR) is 75.2 cm³/mol. The van der Waals surface area contributed by atoms with E-state index in [4.69, 9.17) is 0 Å². The van der Waals surface area contributed by atoms with E-state index in [1.807, 2.05) is 12.1 Å². The number of para-hydroxylation sites is 1. The van der Waals surface area contributed by atoms with Gasteiger partial charge >= 0.3 is 0 Å². The monoisotopic (exact) mass is 271 g/mol. The molecule has 1 saturated heterocycles. The molecule has 3 rings (SSSR count). The molecule has 1 aromatic carbocycles. The molecule has 1 aliphatic heterocycles. The Morgan fingerprint density at radius 1 is 1.40 bits per heavy atom. The fourth-order valence-electron chi connectivity index (χ4n) is 2.86. The lowest BCUT2D eigenvalue weighted by Crippen LogP contribution is -2.39. The number of fused-ring (bicyclic) bond motifs is 1. The van der Waals surface area contributed by atoms with Crippen molar-refractivity contribution in [1.82, 2.24) is 14.9 Å². The summed E-state index contributed by atoms with van der Waals surface area (Å²) in [4.78, 5) is 23.0. The van der Waals surface area contributed by atoms with Crippen molar-refractivity contribution in [2.24, 2.45) is 5.92 Å². The number of aliphatic hydroxyl groups excluding tert-OH is 1. The van der Waals surface area contributed by atoms with E-state index in [1.165, 1.54) is 0 Å². The van der Waals surface area contributed by atoms with Crippen LogP contribution in [0.2, 0.25) is 0 Å². The molecule has 0 spiro atoms. The molecule has 1 N–H and O–H groups in total. The highest BCUT2D eigenvalue weighted by Crippen LogP contribution is 2.26. The summed E-state index contributed by atoms with van der Waals surface area (Å²) >= 11 is 0. The molecule has 5 heteroatoms. The molecule has 2 aromatic rings. The lowest BCUT2D eigenvalue weighted by atomic mass is 10.0. The van der Waals surface area contributed by atoms with Crippen LogP contribution in [0.25, 0.3) is 11.0 Å². The second-order valence-electron chi connectivity index (χ2n) is 5.24. The topological polar surface area (TPSA) is 66.3 Å². The number of hydrogen-bond donors (Lipinski definition) is 1. The van der Waals surface area contributed by atoms with Crippen molar-refractivity contribution in [1.29, 1.82) is 0 Å². The van der Waals surface area contributed by atoms with E-state index in [-0.39, 0.29) is 18.6 Å². The van der Waals surface area contributed by atoms with Crippen LogP contribution in [0.1, 0.15) is 23.7 Å². The van der Waals surface area contributed by atoms with E-state index in [2.05, 4.69) is 16.9 Å². The van der Waals surface area contributed by atoms with Crippen LogP contribution in [0.5, 0.6) is 0 Å². The Morgan fingerprint density at radius 2 is 2.20 bits per heavy atom. The summed E-state index contributed by atoms with van der Waals surface area (Å²) in [5, 5.41) is 9.49. The maximum atomic E-state index is 12.7. The molecule has 0 radical (unpaired) electrons. The molecule has 5 nitrogen and oxygen atoms in total. The molecule has 1 aromatic heterocycles. The Morgan fingerprint density at radius 3 is 3.00 bits per heavy atom. The minimum atomic E-state index is -0.102. The zero-order valence-corrected chi connectivity index (χ0v) is 11.4. The molecule has 0 aliphatic carbocycles. The SMILES string of the molecule is CC1CCN(C(=O)c2cccc3nccnc23)C1CO.